The van der Waals surface area contributed by atoms with Crippen molar-refractivity contribution in [1.82, 2.24) is 10.2 Å². The van der Waals surface area contributed by atoms with Crippen LogP contribution in [-0.2, 0) is 14.3 Å². The molecule has 1 aromatic carbocycles. The zero-order chi connectivity index (χ0) is 17.5. The Bertz CT molecular complexity index is 648. The second-order valence-corrected chi connectivity index (χ2v) is 5.75. The fourth-order valence-corrected chi connectivity index (χ4v) is 2.79. The Morgan fingerprint density at radius 1 is 1.29 bits per heavy atom. The van der Waals surface area contributed by atoms with Crippen LogP contribution in [0, 0.1) is 0 Å². The highest BCUT2D eigenvalue weighted by molar-refractivity contribution is 8.14. The summed E-state index contributed by atoms with van der Waals surface area (Å²) in [6, 6.07) is 6.78. The fourth-order valence-electron chi connectivity index (χ4n) is 2.04. The summed E-state index contributed by atoms with van der Waals surface area (Å²) in [5.74, 6) is -1.25. The molecule has 9 heteroatoms. The van der Waals surface area contributed by atoms with Gasteiger partial charge in [0.25, 0.3) is 11.1 Å². The Labute approximate surface area is 142 Å². The average molecular weight is 351 g/mol. The molecule has 1 saturated heterocycles. The third-order valence-electron chi connectivity index (χ3n) is 3.25. The summed E-state index contributed by atoms with van der Waals surface area (Å²) in [5, 5.41) is 5.05. The predicted molar refractivity (Wildman–Crippen MR) is 88.8 cm³/mol. The number of carbonyl (C=O) groups is 4. The number of rotatable bonds is 7. The van der Waals surface area contributed by atoms with E-state index in [1.54, 1.807) is 31.3 Å². The molecule has 128 valence electrons. The van der Waals surface area contributed by atoms with Crippen LogP contribution in [0.4, 0.5) is 10.5 Å². The topological polar surface area (TPSA) is 105 Å². The molecule has 0 atom stereocenters. The van der Waals surface area contributed by atoms with Gasteiger partial charge in [-0.15, -0.1) is 0 Å². The Hall–Kier alpha value is -2.55. The van der Waals surface area contributed by atoms with Gasteiger partial charge in [-0.2, -0.15) is 0 Å². The number of anilines is 1. The van der Waals surface area contributed by atoms with Crippen LogP contribution in [0.5, 0.6) is 0 Å². The second-order valence-electron chi connectivity index (χ2n) is 4.82. The standard InChI is InChI=1S/C15H17N3O5S/c1-16-11-5-3-2-4-10(11)14(21)23-8-12(19)17-6-7-18-13(20)9-24-15(18)22/h2-5,16H,6-9H2,1H3,(H,17,19). The molecule has 2 N–H and O–H groups in total. The van der Waals surface area contributed by atoms with E-state index in [1.807, 2.05) is 0 Å². The normalized spacial score (nSPS) is 13.8. The van der Waals surface area contributed by atoms with Crippen LogP contribution in [0.25, 0.3) is 0 Å². The number of hydrogen-bond donors (Lipinski definition) is 2. The number of amides is 3. The highest BCUT2D eigenvalue weighted by atomic mass is 32.2. The second kappa shape index (κ2) is 8.34. The lowest BCUT2D eigenvalue weighted by molar-refractivity contribution is -0.126. The lowest BCUT2D eigenvalue weighted by Gasteiger charge is -2.13. The molecule has 1 heterocycles. The van der Waals surface area contributed by atoms with Crippen LogP contribution in [0.1, 0.15) is 10.4 Å². The Kier molecular flexibility index (Phi) is 6.19. The van der Waals surface area contributed by atoms with E-state index < -0.39 is 18.5 Å². The maximum atomic E-state index is 12.0. The number of nitrogens with one attached hydrogen (secondary N) is 2. The van der Waals surface area contributed by atoms with Gasteiger partial charge in [0.05, 0.1) is 11.3 Å². The first-order valence-corrected chi connectivity index (χ1v) is 8.19. The molecule has 0 aliphatic carbocycles. The van der Waals surface area contributed by atoms with Crippen molar-refractivity contribution in [2.24, 2.45) is 0 Å². The van der Waals surface area contributed by atoms with Gasteiger partial charge in [-0.05, 0) is 12.1 Å². The molecule has 24 heavy (non-hydrogen) atoms. The Morgan fingerprint density at radius 3 is 2.71 bits per heavy atom. The minimum atomic E-state index is -0.614. The minimum Gasteiger partial charge on any atom is -0.452 e. The highest BCUT2D eigenvalue weighted by Crippen LogP contribution is 2.17. The lowest BCUT2D eigenvalue weighted by Crippen LogP contribution is -2.38. The molecule has 0 aromatic heterocycles. The molecule has 8 nitrogen and oxygen atoms in total. The van der Waals surface area contributed by atoms with Gasteiger partial charge in [-0.3, -0.25) is 19.3 Å². The molecule has 1 aliphatic heterocycles. The SMILES string of the molecule is CNc1ccccc1C(=O)OCC(=O)NCCN1C(=O)CSC1=O. The highest BCUT2D eigenvalue weighted by Gasteiger charge is 2.29. The summed E-state index contributed by atoms with van der Waals surface area (Å²) in [4.78, 5) is 47.5. The minimum absolute atomic E-state index is 0.104. The molecule has 1 fully saturated rings. The van der Waals surface area contributed by atoms with Gasteiger partial charge >= 0.3 is 5.97 Å². The van der Waals surface area contributed by atoms with Gasteiger partial charge in [-0.25, -0.2) is 4.79 Å². The van der Waals surface area contributed by atoms with Gasteiger partial charge in [-0.1, -0.05) is 23.9 Å². The number of imide groups is 1. The lowest BCUT2D eigenvalue weighted by atomic mass is 10.2. The summed E-state index contributed by atoms with van der Waals surface area (Å²) >= 11 is 0.937. The average Bonchev–Trinajstić information content (AvgIpc) is 2.91. The van der Waals surface area contributed by atoms with Crippen LogP contribution in [0.3, 0.4) is 0 Å². The summed E-state index contributed by atoms with van der Waals surface area (Å²) in [6.45, 7) is -0.220. The molecule has 0 saturated carbocycles. The van der Waals surface area contributed by atoms with E-state index in [-0.39, 0.29) is 30.0 Å². The zero-order valence-corrected chi connectivity index (χ0v) is 13.9. The first-order chi connectivity index (χ1) is 11.5. The van der Waals surface area contributed by atoms with Crippen LogP contribution in [0.15, 0.2) is 24.3 Å². The van der Waals surface area contributed by atoms with Gasteiger partial charge in [0, 0.05) is 25.8 Å². The van der Waals surface area contributed by atoms with Crippen molar-refractivity contribution < 1.29 is 23.9 Å². The molecule has 0 radical (unpaired) electrons. The molecular formula is C15H17N3O5S. The fraction of sp³-hybridized carbons (Fsp3) is 0.333. The van der Waals surface area contributed by atoms with E-state index >= 15 is 0 Å². The van der Waals surface area contributed by atoms with Crippen LogP contribution >= 0.6 is 11.8 Å². The summed E-state index contributed by atoms with van der Waals surface area (Å²) < 4.78 is 4.95. The number of carbonyl (C=O) groups excluding carboxylic acids is 4. The molecule has 2 rings (SSSR count). The van der Waals surface area contributed by atoms with Gasteiger partial charge in [0.1, 0.15) is 0 Å². The van der Waals surface area contributed by atoms with Crippen molar-refractivity contribution in [3.63, 3.8) is 0 Å². The monoisotopic (exact) mass is 351 g/mol. The molecule has 3 amide bonds. The van der Waals surface area contributed by atoms with E-state index in [0.29, 0.717) is 11.3 Å². The van der Waals surface area contributed by atoms with Crippen LogP contribution in [-0.4, -0.2) is 60.4 Å². The van der Waals surface area contributed by atoms with Crippen molar-refractivity contribution in [2.75, 3.05) is 37.8 Å². The van der Waals surface area contributed by atoms with E-state index in [9.17, 15) is 19.2 Å². The van der Waals surface area contributed by atoms with E-state index in [4.69, 9.17) is 4.74 Å². The smallest absolute Gasteiger partial charge is 0.340 e. The Morgan fingerprint density at radius 2 is 2.04 bits per heavy atom. The molecule has 0 bridgehead atoms. The zero-order valence-electron chi connectivity index (χ0n) is 13.0. The maximum absolute atomic E-state index is 12.0. The molecular weight excluding hydrogens is 334 g/mol. The number of ether oxygens (including phenoxy) is 1. The van der Waals surface area contributed by atoms with Crippen molar-refractivity contribution in [1.29, 1.82) is 0 Å². The molecule has 0 spiro atoms. The van der Waals surface area contributed by atoms with Crippen molar-refractivity contribution in [3.8, 4) is 0 Å². The molecule has 1 aliphatic rings. The third-order valence-corrected chi connectivity index (χ3v) is 4.11. The summed E-state index contributed by atoms with van der Waals surface area (Å²) in [6.07, 6.45) is 0. The van der Waals surface area contributed by atoms with Crippen molar-refractivity contribution >= 4 is 40.5 Å². The number of para-hydroxylation sites is 1. The predicted octanol–water partition coefficient (Wildman–Crippen LogP) is 0.697. The number of benzene rings is 1. The van der Waals surface area contributed by atoms with Crippen LogP contribution in [0.2, 0.25) is 0 Å². The number of nitrogens with zero attached hydrogens (tertiary/aromatic N) is 1. The summed E-state index contributed by atoms with van der Waals surface area (Å²) in [7, 11) is 1.68. The first-order valence-electron chi connectivity index (χ1n) is 7.20. The maximum Gasteiger partial charge on any atom is 0.340 e. The molecule has 0 unspecified atom stereocenters. The van der Waals surface area contributed by atoms with Crippen LogP contribution < -0.4 is 10.6 Å². The molecule has 1 aromatic rings. The van der Waals surface area contributed by atoms with E-state index in [1.165, 1.54) is 0 Å². The van der Waals surface area contributed by atoms with Gasteiger partial charge < -0.3 is 15.4 Å². The van der Waals surface area contributed by atoms with Gasteiger partial charge in [0.2, 0.25) is 5.91 Å². The number of thioether (sulfide) groups is 1. The number of hydrogen-bond acceptors (Lipinski definition) is 7. The largest absolute Gasteiger partial charge is 0.452 e. The third kappa shape index (κ3) is 4.48. The van der Waals surface area contributed by atoms with Gasteiger partial charge in [0.15, 0.2) is 6.61 Å². The van der Waals surface area contributed by atoms with E-state index in [2.05, 4.69) is 10.6 Å². The van der Waals surface area contributed by atoms with E-state index in [0.717, 1.165) is 16.7 Å². The Balaban J connectivity index is 1.74. The number of esters is 1. The summed E-state index contributed by atoms with van der Waals surface area (Å²) in [5.41, 5.74) is 0.935. The quantitative estimate of drug-likeness (QED) is 0.697. The van der Waals surface area contributed by atoms with Crippen molar-refractivity contribution in [3.05, 3.63) is 29.8 Å². The van der Waals surface area contributed by atoms with Crippen molar-refractivity contribution in [2.45, 2.75) is 0 Å². The first kappa shape index (κ1) is 17.8.